The Kier molecular flexibility index (Phi) is 4.28. The van der Waals surface area contributed by atoms with E-state index in [0.717, 1.165) is 6.07 Å². The molecule has 0 atom stereocenters. The number of hydrogen-bond acceptors (Lipinski definition) is 5. The van der Waals surface area contributed by atoms with Crippen molar-refractivity contribution in [2.45, 2.75) is 5.88 Å². The van der Waals surface area contributed by atoms with E-state index in [-0.39, 0.29) is 28.4 Å². The topological polar surface area (TPSA) is 78.7 Å². The SMILES string of the molecule is COC(=O)c1cc([N+](=O)[O-])c(CCl)cc1OC. The number of nitrogens with zero attached hydrogens (tertiary/aromatic N) is 1. The van der Waals surface area contributed by atoms with Gasteiger partial charge in [0.15, 0.2) is 0 Å². The molecule has 0 aliphatic carbocycles. The Morgan fingerprint density at radius 3 is 2.53 bits per heavy atom. The number of ether oxygens (including phenoxy) is 2. The lowest BCUT2D eigenvalue weighted by atomic mass is 10.1. The molecule has 6 nitrogen and oxygen atoms in total. The first-order valence-corrected chi connectivity index (χ1v) is 5.08. The van der Waals surface area contributed by atoms with Crippen molar-refractivity contribution in [2.24, 2.45) is 0 Å². The third-order valence-electron chi connectivity index (χ3n) is 2.15. The molecule has 0 heterocycles. The minimum Gasteiger partial charge on any atom is -0.496 e. The molecular formula is C10H10ClNO5. The van der Waals surface area contributed by atoms with Crippen LogP contribution < -0.4 is 4.74 Å². The highest BCUT2D eigenvalue weighted by molar-refractivity contribution is 6.17. The molecule has 0 bridgehead atoms. The number of halogens is 1. The van der Waals surface area contributed by atoms with Crippen molar-refractivity contribution in [3.05, 3.63) is 33.4 Å². The molecule has 7 heteroatoms. The zero-order valence-electron chi connectivity index (χ0n) is 9.23. The Balaban J connectivity index is 3.44. The molecule has 0 N–H and O–H groups in total. The first-order valence-electron chi connectivity index (χ1n) is 4.54. The Labute approximate surface area is 102 Å². The highest BCUT2D eigenvalue weighted by atomic mass is 35.5. The van der Waals surface area contributed by atoms with Gasteiger partial charge in [0.25, 0.3) is 5.69 Å². The predicted octanol–water partition coefficient (Wildman–Crippen LogP) is 2.13. The van der Waals surface area contributed by atoms with Crippen molar-refractivity contribution < 1.29 is 19.2 Å². The van der Waals surface area contributed by atoms with E-state index in [1.165, 1.54) is 20.3 Å². The van der Waals surface area contributed by atoms with Crippen molar-refractivity contribution in [1.29, 1.82) is 0 Å². The van der Waals surface area contributed by atoms with Gasteiger partial charge in [-0.2, -0.15) is 0 Å². The van der Waals surface area contributed by atoms with Crippen LogP contribution in [0, 0.1) is 10.1 Å². The Morgan fingerprint density at radius 1 is 1.47 bits per heavy atom. The maximum Gasteiger partial charge on any atom is 0.341 e. The van der Waals surface area contributed by atoms with E-state index >= 15 is 0 Å². The van der Waals surface area contributed by atoms with Crippen LogP contribution in [0.2, 0.25) is 0 Å². The smallest absolute Gasteiger partial charge is 0.341 e. The third-order valence-corrected chi connectivity index (χ3v) is 2.43. The second-order valence-corrected chi connectivity index (χ2v) is 3.33. The van der Waals surface area contributed by atoms with Crippen molar-refractivity contribution in [2.75, 3.05) is 14.2 Å². The molecule has 1 rings (SSSR count). The van der Waals surface area contributed by atoms with E-state index in [1.807, 2.05) is 0 Å². The average Bonchev–Trinajstić information content (AvgIpc) is 2.35. The van der Waals surface area contributed by atoms with Gasteiger partial charge in [-0.25, -0.2) is 4.79 Å². The second kappa shape index (κ2) is 5.49. The molecule has 1 aromatic carbocycles. The van der Waals surface area contributed by atoms with Crippen LogP contribution in [-0.2, 0) is 10.6 Å². The van der Waals surface area contributed by atoms with Crippen LogP contribution in [0.4, 0.5) is 5.69 Å². The monoisotopic (exact) mass is 259 g/mol. The molecule has 0 aliphatic heterocycles. The summed E-state index contributed by atoms with van der Waals surface area (Å²) in [6.45, 7) is 0. The molecule has 92 valence electrons. The summed E-state index contributed by atoms with van der Waals surface area (Å²) in [6, 6.07) is 2.46. The molecule has 0 saturated carbocycles. The van der Waals surface area contributed by atoms with Gasteiger partial charge in [-0.05, 0) is 6.07 Å². The lowest BCUT2D eigenvalue weighted by Crippen LogP contribution is -2.06. The molecule has 0 aromatic heterocycles. The quantitative estimate of drug-likeness (QED) is 0.358. The fraction of sp³-hybridized carbons (Fsp3) is 0.300. The van der Waals surface area contributed by atoms with Gasteiger partial charge in [0.05, 0.1) is 25.0 Å². The number of carbonyl (C=O) groups excluding carboxylic acids is 1. The van der Waals surface area contributed by atoms with Crippen molar-refractivity contribution >= 4 is 23.3 Å². The summed E-state index contributed by atoms with van der Waals surface area (Å²) >= 11 is 5.59. The van der Waals surface area contributed by atoms with Crippen molar-refractivity contribution in [3.8, 4) is 5.75 Å². The van der Waals surface area contributed by atoms with Crippen LogP contribution in [-0.4, -0.2) is 25.1 Å². The number of nitro benzene ring substituents is 1. The summed E-state index contributed by atoms with van der Waals surface area (Å²) in [7, 11) is 2.54. The Hall–Kier alpha value is -1.82. The lowest BCUT2D eigenvalue weighted by Gasteiger charge is -2.08. The number of esters is 1. The number of rotatable bonds is 4. The lowest BCUT2D eigenvalue weighted by molar-refractivity contribution is -0.385. The molecule has 0 fully saturated rings. The normalized spacial score (nSPS) is 9.82. The molecule has 0 amide bonds. The van der Waals surface area contributed by atoms with Gasteiger partial charge >= 0.3 is 5.97 Å². The molecule has 0 saturated heterocycles. The maximum atomic E-state index is 11.4. The van der Waals surface area contributed by atoms with Crippen LogP contribution in [0.25, 0.3) is 0 Å². The second-order valence-electron chi connectivity index (χ2n) is 3.06. The summed E-state index contributed by atoms with van der Waals surface area (Å²) in [4.78, 5) is 21.6. The third kappa shape index (κ3) is 2.65. The zero-order valence-corrected chi connectivity index (χ0v) is 9.98. The molecule has 0 spiro atoms. The standard InChI is InChI=1S/C10H10ClNO5/c1-16-9-3-6(5-11)8(12(14)15)4-7(9)10(13)17-2/h3-4H,5H2,1-2H3. The number of hydrogen-bond donors (Lipinski definition) is 0. The van der Waals surface area contributed by atoms with E-state index in [0.29, 0.717) is 0 Å². The molecule has 0 radical (unpaired) electrons. The fourth-order valence-electron chi connectivity index (χ4n) is 1.33. The summed E-state index contributed by atoms with van der Waals surface area (Å²) in [5.74, 6) is -0.558. The molecule has 0 unspecified atom stereocenters. The number of benzene rings is 1. The van der Waals surface area contributed by atoms with Crippen LogP contribution in [0.3, 0.4) is 0 Å². The van der Waals surface area contributed by atoms with Crippen molar-refractivity contribution in [3.63, 3.8) is 0 Å². The number of nitro groups is 1. The number of methoxy groups -OCH3 is 2. The number of alkyl halides is 1. The van der Waals surface area contributed by atoms with Gasteiger partial charge in [0, 0.05) is 11.6 Å². The van der Waals surface area contributed by atoms with Crippen LogP contribution in [0.1, 0.15) is 15.9 Å². The minimum atomic E-state index is -0.703. The Morgan fingerprint density at radius 2 is 2.12 bits per heavy atom. The Bertz CT molecular complexity index is 460. The molecule has 1 aromatic rings. The highest BCUT2D eigenvalue weighted by Gasteiger charge is 2.22. The number of carbonyl (C=O) groups is 1. The summed E-state index contributed by atoms with van der Waals surface area (Å²) in [5.41, 5.74) is 0.0398. The van der Waals surface area contributed by atoms with Crippen molar-refractivity contribution in [1.82, 2.24) is 0 Å². The average molecular weight is 260 g/mol. The van der Waals surface area contributed by atoms with Gasteiger partial charge in [0.2, 0.25) is 0 Å². The summed E-state index contributed by atoms with van der Waals surface area (Å²) in [5, 5.41) is 10.8. The molecule has 17 heavy (non-hydrogen) atoms. The maximum absolute atomic E-state index is 11.4. The van der Waals surface area contributed by atoms with Gasteiger partial charge in [-0.1, -0.05) is 0 Å². The fourth-order valence-corrected chi connectivity index (χ4v) is 1.54. The first kappa shape index (κ1) is 13.2. The zero-order chi connectivity index (χ0) is 13.0. The predicted molar refractivity (Wildman–Crippen MR) is 60.5 cm³/mol. The minimum absolute atomic E-state index is 0.00410. The van der Waals surface area contributed by atoms with Gasteiger partial charge in [-0.15, -0.1) is 11.6 Å². The van der Waals surface area contributed by atoms with E-state index in [1.54, 1.807) is 0 Å². The summed E-state index contributed by atoms with van der Waals surface area (Å²) in [6.07, 6.45) is 0. The van der Waals surface area contributed by atoms with Crippen LogP contribution >= 0.6 is 11.6 Å². The largest absolute Gasteiger partial charge is 0.496 e. The summed E-state index contributed by atoms with van der Waals surface area (Å²) < 4.78 is 9.48. The van der Waals surface area contributed by atoms with Crippen LogP contribution in [0.5, 0.6) is 5.75 Å². The van der Waals surface area contributed by atoms with E-state index in [2.05, 4.69) is 4.74 Å². The van der Waals surface area contributed by atoms with E-state index < -0.39 is 10.9 Å². The highest BCUT2D eigenvalue weighted by Crippen LogP contribution is 2.30. The van der Waals surface area contributed by atoms with Gasteiger partial charge in [-0.3, -0.25) is 10.1 Å². The van der Waals surface area contributed by atoms with Gasteiger partial charge in [0.1, 0.15) is 11.3 Å². The molecule has 0 aliphatic rings. The first-order chi connectivity index (χ1) is 8.04. The van der Waals surface area contributed by atoms with E-state index in [4.69, 9.17) is 16.3 Å². The van der Waals surface area contributed by atoms with Gasteiger partial charge < -0.3 is 9.47 Å². The molecular weight excluding hydrogens is 250 g/mol. The van der Waals surface area contributed by atoms with E-state index in [9.17, 15) is 14.9 Å². The van der Waals surface area contributed by atoms with Crippen LogP contribution in [0.15, 0.2) is 12.1 Å².